The van der Waals surface area contributed by atoms with Crippen molar-refractivity contribution in [1.29, 1.82) is 0 Å². The first kappa shape index (κ1) is 14.9. The molecule has 0 heterocycles. The maximum Gasteiger partial charge on any atom is 0.166 e. The first-order valence-electron chi connectivity index (χ1n) is 5.89. The van der Waals surface area contributed by atoms with Crippen LogP contribution in [0.5, 0.6) is 0 Å². The molecular formula is C13H19FN2OS. The van der Waals surface area contributed by atoms with E-state index < -0.39 is 0 Å². The third-order valence-corrected chi connectivity index (χ3v) is 2.69. The van der Waals surface area contributed by atoms with E-state index in [-0.39, 0.29) is 11.9 Å². The fourth-order valence-corrected chi connectivity index (χ4v) is 1.87. The van der Waals surface area contributed by atoms with E-state index in [0.29, 0.717) is 18.3 Å². The Bertz CT molecular complexity index is 370. The van der Waals surface area contributed by atoms with Crippen molar-refractivity contribution in [1.82, 2.24) is 10.6 Å². The van der Waals surface area contributed by atoms with E-state index in [9.17, 15) is 4.39 Å². The molecule has 1 atom stereocenters. The molecule has 0 amide bonds. The molecule has 1 aromatic rings. The molecule has 0 bridgehead atoms. The van der Waals surface area contributed by atoms with Gasteiger partial charge in [0, 0.05) is 19.7 Å². The van der Waals surface area contributed by atoms with Crippen LogP contribution in [0, 0.1) is 5.82 Å². The predicted molar refractivity (Wildman–Crippen MR) is 75.2 cm³/mol. The van der Waals surface area contributed by atoms with Gasteiger partial charge in [-0.25, -0.2) is 4.39 Å². The first-order chi connectivity index (χ1) is 8.61. The highest BCUT2D eigenvalue weighted by Gasteiger charge is 2.05. The van der Waals surface area contributed by atoms with E-state index in [1.807, 2.05) is 6.92 Å². The summed E-state index contributed by atoms with van der Waals surface area (Å²) in [5.74, 6) is -0.212. The van der Waals surface area contributed by atoms with Gasteiger partial charge in [-0.15, -0.1) is 0 Å². The van der Waals surface area contributed by atoms with Crippen molar-refractivity contribution in [2.24, 2.45) is 0 Å². The van der Waals surface area contributed by atoms with Gasteiger partial charge in [-0.2, -0.15) is 0 Å². The van der Waals surface area contributed by atoms with Crippen molar-refractivity contribution in [3.8, 4) is 0 Å². The van der Waals surface area contributed by atoms with Crippen molar-refractivity contribution >= 4 is 17.3 Å². The second-order valence-corrected chi connectivity index (χ2v) is 4.53. The second-order valence-electron chi connectivity index (χ2n) is 4.12. The number of nitrogens with one attached hydrogen (secondary N) is 2. The molecule has 0 aliphatic carbocycles. The highest BCUT2D eigenvalue weighted by molar-refractivity contribution is 7.80. The van der Waals surface area contributed by atoms with Gasteiger partial charge in [0.15, 0.2) is 5.11 Å². The van der Waals surface area contributed by atoms with Crippen LogP contribution in [0.3, 0.4) is 0 Å². The SMILES string of the molecule is COCCNC(=S)NC(C)Cc1ccc(F)cc1. The molecule has 1 aromatic carbocycles. The summed E-state index contributed by atoms with van der Waals surface area (Å²) < 4.78 is 17.7. The molecule has 1 rings (SSSR count). The zero-order valence-electron chi connectivity index (χ0n) is 10.7. The van der Waals surface area contributed by atoms with Crippen LogP contribution in [-0.2, 0) is 11.2 Å². The number of ether oxygens (including phenoxy) is 1. The number of halogens is 1. The molecule has 0 radical (unpaired) electrons. The molecule has 0 fully saturated rings. The molecule has 0 saturated heterocycles. The Hall–Kier alpha value is -1.20. The fourth-order valence-electron chi connectivity index (χ4n) is 1.57. The molecule has 0 aliphatic rings. The molecule has 1 unspecified atom stereocenters. The summed E-state index contributed by atoms with van der Waals surface area (Å²) in [5.41, 5.74) is 1.08. The predicted octanol–water partition coefficient (Wildman–Crippen LogP) is 1.87. The fraction of sp³-hybridized carbons (Fsp3) is 0.462. The molecule has 18 heavy (non-hydrogen) atoms. The van der Waals surface area contributed by atoms with Crippen LogP contribution < -0.4 is 10.6 Å². The first-order valence-corrected chi connectivity index (χ1v) is 6.30. The van der Waals surface area contributed by atoms with Crippen molar-refractivity contribution in [2.45, 2.75) is 19.4 Å². The third-order valence-electron chi connectivity index (χ3n) is 2.42. The van der Waals surface area contributed by atoms with Crippen LogP contribution in [-0.4, -0.2) is 31.4 Å². The lowest BCUT2D eigenvalue weighted by Crippen LogP contribution is -2.42. The molecule has 0 aromatic heterocycles. The van der Waals surface area contributed by atoms with Gasteiger partial charge in [0.2, 0.25) is 0 Å². The summed E-state index contributed by atoms with van der Waals surface area (Å²) in [5, 5.41) is 6.83. The number of hydrogen-bond donors (Lipinski definition) is 2. The Morgan fingerprint density at radius 3 is 2.67 bits per heavy atom. The molecule has 0 spiro atoms. The van der Waals surface area contributed by atoms with Crippen molar-refractivity contribution < 1.29 is 9.13 Å². The Labute approximate surface area is 113 Å². The van der Waals surface area contributed by atoms with E-state index in [2.05, 4.69) is 10.6 Å². The van der Waals surface area contributed by atoms with E-state index in [0.717, 1.165) is 12.0 Å². The van der Waals surface area contributed by atoms with Crippen LogP contribution in [0.15, 0.2) is 24.3 Å². The van der Waals surface area contributed by atoms with E-state index >= 15 is 0 Å². The summed E-state index contributed by atoms with van der Waals surface area (Å²) in [7, 11) is 1.65. The highest BCUT2D eigenvalue weighted by Crippen LogP contribution is 2.05. The van der Waals surface area contributed by atoms with Gasteiger partial charge in [0.1, 0.15) is 5.82 Å². The molecule has 0 aliphatic heterocycles. The van der Waals surface area contributed by atoms with Crippen LogP contribution in [0.4, 0.5) is 4.39 Å². The van der Waals surface area contributed by atoms with E-state index in [1.165, 1.54) is 12.1 Å². The van der Waals surface area contributed by atoms with Crippen LogP contribution >= 0.6 is 12.2 Å². The zero-order chi connectivity index (χ0) is 13.4. The van der Waals surface area contributed by atoms with Crippen molar-refractivity contribution in [3.63, 3.8) is 0 Å². The minimum Gasteiger partial charge on any atom is -0.383 e. The summed E-state index contributed by atoms with van der Waals surface area (Å²) in [6.45, 7) is 3.34. The normalized spacial score (nSPS) is 11.9. The summed E-state index contributed by atoms with van der Waals surface area (Å²) in [6.07, 6.45) is 0.798. The maximum absolute atomic E-state index is 12.7. The van der Waals surface area contributed by atoms with Crippen LogP contribution in [0.25, 0.3) is 0 Å². The lowest BCUT2D eigenvalue weighted by atomic mass is 10.1. The molecule has 2 N–H and O–H groups in total. The Kier molecular flexibility index (Phi) is 6.60. The molecule has 3 nitrogen and oxygen atoms in total. The van der Waals surface area contributed by atoms with Crippen LogP contribution in [0.2, 0.25) is 0 Å². The topological polar surface area (TPSA) is 33.3 Å². The number of thiocarbonyl (C=S) groups is 1. The number of benzene rings is 1. The Morgan fingerprint density at radius 2 is 2.06 bits per heavy atom. The zero-order valence-corrected chi connectivity index (χ0v) is 11.5. The summed E-state index contributed by atoms with van der Waals surface area (Å²) in [6, 6.07) is 6.70. The minimum atomic E-state index is -0.212. The van der Waals surface area contributed by atoms with Crippen LogP contribution in [0.1, 0.15) is 12.5 Å². The Balaban J connectivity index is 2.30. The van der Waals surface area contributed by atoms with E-state index in [1.54, 1.807) is 19.2 Å². The number of hydrogen-bond acceptors (Lipinski definition) is 2. The molecular weight excluding hydrogens is 251 g/mol. The molecule has 5 heteroatoms. The maximum atomic E-state index is 12.7. The van der Waals surface area contributed by atoms with Crippen molar-refractivity contribution in [3.05, 3.63) is 35.6 Å². The molecule has 100 valence electrons. The standard InChI is InChI=1S/C13H19FN2OS/c1-10(16-13(18)15-7-8-17-2)9-11-3-5-12(14)6-4-11/h3-6,10H,7-9H2,1-2H3,(H2,15,16,18). The van der Waals surface area contributed by atoms with Gasteiger partial charge in [0.25, 0.3) is 0 Å². The average molecular weight is 270 g/mol. The number of rotatable bonds is 6. The minimum absolute atomic E-state index is 0.193. The van der Waals surface area contributed by atoms with Gasteiger partial charge >= 0.3 is 0 Å². The third kappa shape index (κ3) is 5.93. The molecule has 0 saturated carbocycles. The average Bonchev–Trinajstić information content (AvgIpc) is 2.32. The van der Waals surface area contributed by atoms with Gasteiger partial charge in [-0.1, -0.05) is 12.1 Å². The van der Waals surface area contributed by atoms with Gasteiger partial charge in [-0.05, 0) is 43.3 Å². The smallest absolute Gasteiger partial charge is 0.166 e. The van der Waals surface area contributed by atoms with Gasteiger partial charge < -0.3 is 15.4 Å². The summed E-state index contributed by atoms with van der Waals surface area (Å²) in [4.78, 5) is 0. The quantitative estimate of drug-likeness (QED) is 0.611. The summed E-state index contributed by atoms with van der Waals surface area (Å²) >= 11 is 5.14. The largest absolute Gasteiger partial charge is 0.383 e. The van der Waals surface area contributed by atoms with Gasteiger partial charge in [-0.3, -0.25) is 0 Å². The monoisotopic (exact) mass is 270 g/mol. The lowest BCUT2D eigenvalue weighted by molar-refractivity contribution is 0.204. The second kappa shape index (κ2) is 8.00. The van der Waals surface area contributed by atoms with Gasteiger partial charge in [0.05, 0.1) is 6.61 Å². The van der Waals surface area contributed by atoms with E-state index in [4.69, 9.17) is 17.0 Å². The lowest BCUT2D eigenvalue weighted by Gasteiger charge is -2.17. The number of methoxy groups -OCH3 is 1. The highest BCUT2D eigenvalue weighted by atomic mass is 32.1. The van der Waals surface area contributed by atoms with Crippen molar-refractivity contribution in [2.75, 3.05) is 20.3 Å². The Morgan fingerprint density at radius 1 is 1.39 bits per heavy atom.